The second kappa shape index (κ2) is 4.69. The maximum Gasteiger partial charge on any atom is 0.338 e. The third-order valence-corrected chi connectivity index (χ3v) is 2.66. The summed E-state index contributed by atoms with van der Waals surface area (Å²) in [4.78, 5) is 13.4. The molecule has 0 radical (unpaired) electrons. The van der Waals surface area contributed by atoms with E-state index in [0.29, 0.717) is 13.2 Å². The smallest absolute Gasteiger partial charge is 0.338 e. The number of aliphatic hydroxyl groups is 1. The normalized spacial score (nSPS) is 24.8. The van der Waals surface area contributed by atoms with Crippen LogP contribution in [0.3, 0.4) is 0 Å². The van der Waals surface area contributed by atoms with Crippen molar-refractivity contribution in [3.63, 3.8) is 0 Å². The van der Waals surface area contributed by atoms with Crippen LogP contribution in [0.25, 0.3) is 0 Å². The van der Waals surface area contributed by atoms with Crippen molar-refractivity contribution >= 4 is 5.97 Å². The third-order valence-electron chi connectivity index (χ3n) is 2.66. The van der Waals surface area contributed by atoms with E-state index in [4.69, 9.17) is 4.74 Å². The summed E-state index contributed by atoms with van der Waals surface area (Å²) >= 11 is 0. The fraction of sp³-hybridized carbons (Fsp3) is 0.909. The van der Waals surface area contributed by atoms with Gasteiger partial charge in [-0.15, -0.1) is 0 Å². The quantitative estimate of drug-likeness (QED) is 0.694. The molecule has 16 heavy (non-hydrogen) atoms. The number of methoxy groups -OCH3 is 1. The van der Waals surface area contributed by atoms with E-state index in [0.717, 1.165) is 6.54 Å². The van der Waals surface area contributed by atoms with E-state index >= 15 is 0 Å². The molecule has 0 aromatic rings. The maximum absolute atomic E-state index is 11.3. The number of nitrogens with zero attached hydrogens (tertiary/aromatic N) is 1. The van der Waals surface area contributed by atoms with Gasteiger partial charge in [-0.2, -0.15) is 0 Å². The Morgan fingerprint density at radius 3 is 2.75 bits per heavy atom. The molecule has 1 saturated heterocycles. The van der Waals surface area contributed by atoms with Crippen LogP contribution in [0, 0.1) is 0 Å². The van der Waals surface area contributed by atoms with Crippen LogP contribution in [-0.4, -0.2) is 60.5 Å². The van der Waals surface area contributed by atoms with E-state index in [9.17, 15) is 9.90 Å². The summed E-state index contributed by atoms with van der Waals surface area (Å²) in [5.41, 5.74) is -1.69. The Morgan fingerprint density at radius 1 is 1.62 bits per heavy atom. The fourth-order valence-corrected chi connectivity index (χ4v) is 1.97. The average molecular weight is 231 g/mol. The van der Waals surface area contributed by atoms with E-state index in [2.05, 4.69) is 4.74 Å². The molecule has 0 bridgehead atoms. The highest BCUT2D eigenvalue weighted by atomic mass is 16.5. The number of ether oxygens (including phenoxy) is 2. The molecule has 5 heteroatoms. The number of esters is 1. The van der Waals surface area contributed by atoms with Gasteiger partial charge in [-0.1, -0.05) is 0 Å². The topological polar surface area (TPSA) is 59.0 Å². The second-order valence-corrected chi connectivity index (χ2v) is 5.08. The van der Waals surface area contributed by atoms with Gasteiger partial charge in [0.1, 0.15) is 0 Å². The van der Waals surface area contributed by atoms with Gasteiger partial charge in [0.15, 0.2) is 5.60 Å². The zero-order chi connectivity index (χ0) is 12.4. The van der Waals surface area contributed by atoms with Gasteiger partial charge in [-0.25, -0.2) is 4.79 Å². The minimum absolute atomic E-state index is 0.232. The molecule has 1 unspecified atom stereocenters. The van der Waals surface area contributed by atoms with Crippen LogP contribution >= 0.6 is 0 Å². The fourth-order valence-electron chi connectivity index (χ4n) is 1.97. The van der Waals surface area contributed by atoms with Crippen molar-refractivity contribution in [3.05, 3.63) is 0 Å². The number of carbonyl (C=O) groups excluding carboxylic acids is 1. The number of hydrogen-bond acceptors (Lipinski definition) is 5. The van der Waals surface area contributed by atoms with Crippen LogP contribution in [0.1, 0.15) is 20.8 Å². The molecule has 1 fully saturated rings. The molecule has 5 nitrogen and oxygen atoms in total. The molecule has 0 aromatic carbocycles. The Morgan fingerprint density at radius 2 is 2.25 bits per heavy atom. The maximum atomic E-state index is 11.3. The molecule has 1 aliphatic rings. The van der Waals surface area contributed by atoms with E-state index in [1.54, 1.807) is 0 Å². The highest BCUT2D eigenvalue weighted by Gasteiger charge is 2.37. The lowest BCUT2D eigenvalue weighted by atomic mass is 10.0. The van der Waals surface area contributed by atoms with Crippen molar-refractivity contribution in [2.75, 3.05) is 33.4 Å². The first kappa shape index (κ1) is 13.4. The number of β-amino-alcohol motifs (C(OH)–C–C–N with tert-alkyl or cyclic N) is 1. The van der Waals surface area contributed by atoms with E-state index < -0.39 is 11.6 Å². The van der Waals surface area contributed by atoms with Crippen LogP contribution in [0.4, 0.5) is 0 Å². The molecular formula is C11H21NO4. The van der Waals surface area contributed by atoms with Crippen LogP contribution in [-0.2, 0) is 14.3 Å². The van der Waals surface area contributed by atoms with Gasteiger partial charge >= 0.3 is 5.97 Å². The Balaban J connectivity index is 2.57. The minimum Gasteiger partial charge on any atom is -0.467 e. The summed E-state index contributed by atoms with van der Waals surface area (Å²) in [5.74, 6) is -0.600. The summed E-state index contributed by atoms with van der Waals surface area (Å²) in [6.07, 6.45) is 0. The van der Waals surface area contributed by atoms with Gasteiger partial charge in [0, 0.05) is 19.6 Å². The predicted molar refractivity (Wildman–Crippen MR) is 59.1 cm³/mol. The first-order valence-corrected chi connectivity index (χ1v) is 5.44. The monoisotopic (exact) mass is 231 g/mol. The van der Waals surface area contributed by atoms with Gasteiger partial charge < -0.3 is 14.6 Å². The molecule has 1 heterocycles. The molecule has 1 atom stereocenters. The Kier molecular flexibility index (Phi) is 3.93. The second-order valence-electron chi connectivity index (χ2n) is 5.08. The Hall–Kier alpha value is -0.650. The Bertz CT molecular complexity index is 263. The standard InChI is InChI=1S/C11H21NO4/c1-10(2)7-12(5-6-16-10)8-11(3,14)9(13)15-4/h14H,5-8H2,1-4H3. The largest absolute Gasteiger partial charge is 0.467 e. The third kappa shape index (κ3) is 3.43. The molecule has 94 valence electrons. The molecule has 0 aliphatic carbocycles. The Labute approximate surface area is 96.3 Å². The van der Waals surface area contributed by atoms with Crippen molar-refractivity contribution in [2.24, 2.45) is 0 Å². The van der Waals surface area contributed by atoms with Crippen LogP contribution < -0.4 is 0 Å². The molecule has 0 saturated carbocycles. The zero-order valence-corrected chi connectivity index (χ0v) is 10.4. The number of rotatable bonds is 3. The molecule has 1 rings (SSSR count). The van der Waals surface area contributed by atoms with E-state index in [1.807, 2.05) is 18.7 Å². The van der Waals surface area contributed by atoms with Crippen LogP contribution in [0.2, 0.25) is 0 Å². The molecular weight excluding hydrogens is 210 g/mol. The van der Waals surface area contributed by atoms with Gasteiger partial charge in [0.25, 0.3) is 0 Å². The van der Waals surface area contributed by atoms with Gasteiger partial charge in [-0.3, -0.25) is 4.90 Å². The predicted octanol–water partition coefficient (Wildman–Crippen LogP) is 0.0212. The van der Waals surface area contributed by atoms with Crippen molar-refractivity contribution in [3.8, 4) is 0 Å². The molecule has 0 aromatic heterocycles. The summed E-state index contributed by atoms with van der Waals surface area (Å²) in [6, 6.07) is 0. The SMILES string of the molecule is COC(=O)C(C)(O)CN1CCOC(C)(C)C1. The number of carbonyl (C=O) groups is 1. The summed E-state index contributed by atoms with van der Waals surface area (Å²) < 4.78 is 10.1. The summed E-state index contributed by atoms with van der Waals surface area (Å²) in [6.45, 7) is 7.76. The van der Waals surface area contributed by atoms with Crippen molar-refractivity contribution in [2.45, 2.75) is 32.0 Å². The lowest BCUT2D eigenvalue weighted by Gasteiger charge is -2.40. The number of hydrogen-bond donors (Lipinski definition) is 1. The van der Waals surface area contributed by atoms with Crippen molar-refractivity contribution in [1.82, 2.24) is 4.90 Å². The van der Waals surface area contributed by atoms with E-state index in [-0.39, 0.29) is 12.1 Å². The van der Waals surface area contributed by atoms with Gasteiger partial charge in [0.2, 0.25) is 0 Å². The summed E-state index contributed by atoms with van der Waals surface area (Å²) in [5, 5.41) is 9.95. The highest BCUT2D eigenvalue weighted by molar-refractivity contribution is 5.78. The molecule has 1 N–H and O–H groups in total. The molecule has 0 spiro atoms. The highest BCUT2D eigenvalue weighted by Crippen LogP contribution is 2.19. The average Bonchev–Trinajstić information content (AvgIpc) is 2.14. The van der Waals surface area contributed by atoms with Crippen LogP contribution in [0.15, 0.2) is 0 Å². The minimum atomic E-state index is -1.46. The first-order valence-electron chi connectivity index (χ1n) is 5.44. The van der Waals surface area contributed by atoms with Crippen molar-refractivity contribution < 1.29 is 19.4 Å². The summed E-state index contributed by atoms with van der Waals surface area (Å²) in [7, 11) is 1.28. The molecule has 1 aliphatic heterocycles. The first-order chi connectivity index (χ1) is 7.27. The van der Waals surface area contributed by atoms with Crippen LogP contribution in [0.5, 0.6) is 0 Å². The van der Waals surface area contributed by atoms with Gasteiger partial charge in [-0.05, 0) is 20.8 Å². The van der Waals surface area contributed by atoms with Gasteiger partial charge in [0.05, 0.1) is 19.3 Å². The lowest BCUT2D eigenvalue weighted by Crippen LogP contribution is -2.55. The van der Waals surface area contributed by atoms with Crippen molar-refractivity contribution in [1.29, 1.82) is 0 Å². The molecule has 0 amide bonds. The number of morpholine rings is 1. The van der Waals surface area contributed by atoms with E-state index in [1.165, 1.54) is 14.0 Å². The lowest BCUT2D eigenvalue weighted by molar-refractivity contribution is -0.166. The zero-order valence-electron chi connectivity index (χ0n) is 10.4.